The van der Waals surface area contributed by atoms with Gasteiger partial charge < -0.3 is 13.6 Å². The Kier molecular flexibility index (Phi) is 7.75. The molecule has 0 spiro atoms. The average molecular weight is 342 g/mol. The standard InChI is InChI=1S/C18H35NO3Si/c1-5-16-9-10-18-17(15-16)19(11-7-13-20-3)12-8-14-23(6-2,21-4)22-18/h5,16-18H,1,6-15H2,2-4H3. The molecule has 0 aromatic carbocycles. The minimum atomic E-state index is -2.00. The molecule has 0 aromatic heterocycles. The van der Waals surface area contributed by atoms with Crippen LogP contribution in [0.2, 0.25) is 12.1 Å². The van der Waals surface area contributed by atoms with Gasteiger partial charge in [0.05, 0.1) is 6.10 Å². The number of nitrogens with zero attached hydrogens (tertiary/aromatic N) is 1. The summed E-state index contributed by atoms with van der Waals surface area (Å²) in [5, 5.41) is 0. The van der Waals surface area contributed by atoms with Gasteiger partial charge in [0.1, 0.15) is 0 Å². The first-order valence-electron chi connectivity index (χ1n) is 9.26. The van der Waals surface area contributed by atoms with E-state index in [0.717, 1.165) is 44.6 Å². The van der Waals surface area contributed by atoms with Gasteiger partial charge in [-0.1, -0.05) is 13.0 Å². The van der Waals surface area contributed by atoms with Gasteiger partial charge in [-0.15, -0.1) is 6.58 Å². The second kappa shape index (κ2) is 9.32. The van der Waals surface area contributed by atoms with Crippen LogP contribution in [0.5, 0.6) is 0 Å². The zero-order chi connectivity index (χ0) is 16.7. The lowest BCUT2D eigenvalue weighted by molar-refractivity contribution is -0.00830. The summed E-state index contributed by atoms with van der Waals surface area (Å²) >= 11 is 0. The molecule has 1 saturated carbocycles. The normalized spacial score (nSPS) is 36.0. The second-order valence-electron chi connectivity index (χ2n) is 6.99. The number of methoxy groups -OCH3 is 1. The molecule has 134 valence electrons. The van der Waals surface area contributed by atoms with Gasteiger partial charge in [0, 0.05) is 33.4 Å². The van der Waals surface area contributed by atoms with Crippen molar-refractivity contribution < 1.29 is 13.6 Å². The van der Waals surface area contributed by atoms with E-state index in [1.165, 1.54) is 19.3 Å². The van der Waals surface area contributed by atoms with Crippen molar-refractivity contribution in [1.29, 1.82) is 0 Å². The van der Waals surface area contributed by atoms with Crippen molar-refractivity contribution in [2.75, 3.05) is 33.9 Å². The number of ether oxygens (including phenoxy) is 1. The molecule has 2 aliphatic rings. The van der Waals surface area contributed by atoms with E-state index in [1.807, 2.05) is 7.11 Å². The van der Waals surface area contributed by atoms with Crippen molar-refractivity contribution in [3.63, 3.8) is 0 Å². The van der Waals surface area contributed by atoms with Gasteiger partial charge in [-0.25, -0.2) is 0 Å². The van der Waals surface area contributed by atoms with E-state index in [2.05, 4.69) is 24.5 Å². The lowest BCUT2D eigenvalue weighted by atomic mass is 9.83. The number of fused-ring (bicyclic) bond motifs is 1. The highest BCUT2D eigenvalue weighted by Gasteiger charge is 2.44. The van der Waals surface area contributed by atoms with Gasteiger partial charge in [0.25, 0.3) is 0 Å². The van der Waals surface area contributed by atoms with E-state index in [0.29, 0.717) is 18.1 Å². The van der Waals surface area contributed by atoms with Gasteiger partial charge in [-0.05, 0) is 56.7 Å². The summed E-state index contributed by atoms with van der Waals surface area (Å²) in [6, 6.07) is 2.69. The van der Waals surface area contributed by atoms with Crippen LogP contribution in [0.3, 0.4) is 0 Å². The molecule has 23 heavy (non-hydrogen) atoms. The summed E-state index contributed by atoms with van der Waals surface area (Å²) in [5.41, 5.74) is 0. The molecule has 1 aliphatic heterocycles. The molecule has 1 aliphatic carbocycles. The number of allylic oxidation sites excluding steroid dienone is 1. The van der Waals surface area contributed by atoms with Crippen molar-refractivity contribution in [2.45, 2.75) is 63.3 Å². The van der Waals surface area contributed by atoms with Gasteiger partial charge in [-0.3, -0.25) is 4.90 Å². The third kappa shape index (κ3) is 4.89. The van der Waals surface area contributed by atoms with E-state index in [4.69, 9.17) is 13.6 Å². The Morgan fingerprint density at radius 2 is 2.17 bits per heavy atom. The molecule has 0 aromatic rings. The first-order valence-corrected chi connectivity index (χ1v) is 11.5. The summed E-state index contributed by atoms with van der Waals surface area (Å²) in [4.78, 5) is 2.66. The topological polar surface area (TPSA) is 30.9 Å². The van der Waals surface area contributed by atoms with Crippen LogP contribution in [0.15, 0.2) is 12.7 Å². The molecular weight excluding hydrogens is 306 g/mol. The molecule has 1 saturated heterocycles. The van der Waals surface area contributed by atoms with Crippen molar-refractivity contribution in [1.82, 2.24) is 4.90 Å². The average Bonchev–Trinajstić information content (AvgIpc) is 2.58. The number of rotatable bonds is 7. The summed E-state index contributed by atoms with van der Waals surface area (Å²) in [6.07, 6.45) is 8.28. The van der Waals surface area contributed by atoms with Gasteiger partial charge in [0.2, 0.25) is 0 Å². The zero-order valence-electron chi connectivity index (χ0n) is 15.3. The van der Waals surface area contributed by atoms with E-state index >= 15 is 0 Å². The van der Waals surface area contributed by atoms with Crippen LogP contribution in [0.4, 0.5) is 0 Å². The van der Waals surface area contributed by atoms with Crippen LogP contribution in [-0.2, 0) is 13.6 Å². The molecule has 5 heteroatoms. The SMILES string of the molecule is C=CC1CCC2O[Si](CC)(OC)CCCN(CCCOC)C2C1. The molecule has 2 fully saturated rings. The van der Waals surface area contributed by atoms with Crippen LogP contribution in [0.25, 0.3) is 0 Å². The predicted octanol–water partition coefficient (Wildman–Crippen LogP) is 3.58. The first kappa shape index (κ1) is 19.1. The van der Waals surface area contributed by atoms with E-state index < -0.39 is 8.56 Å². The largest absolute Gasteiger partial charge is 0.398 e. The fourth-order valence-corrected chi connectivity index (χ4v) is 6.93. The maximum atomic E-state index is 6.72. The number of hydrogen-bond acceptors (Lipinski definition) is 4. The molecule has 1 heterocycles. The molecule has 0 amide bonds. The smallest absolute Gasteiger partial charge is 0.337 e. The summed E-state index contributed by atoms with van der Waals surface area (Å²) in [6.45, 7) is 9.37. The molecule has 0 N–H and O–H groups in total. The minimum Gasteiger partial charge on any atom is -0.398 e. The van der Waals surface area contributed by atoms with Gasteiger partial charge in [-0.2, -0.15) is 0 Å². The Morgan fingerprint density at radius 3 is 2.83 bits per heavy atom. The molecule has 4 unspecified atom stereocenters. The van der Waals surface area contributed by atoms with Crippen LogP contribution in [-0.4, -0.2) is 59.5 Å². The lowest BCUT2D eigenvalue weighted by Gasteiger charge is -2.47. The second-order valence-corrected chi connectivity index (χ2v) is 10.7. The predicted molar refractivity (Wildman–Crippen MR) is 96.9 cm³/mol. The fraction of sp³-hybridized carbons (Fsp3) is 0.889. The highest BCUT2D eigenvalue weighted by atomic mass is 28.4. The molecule has 4 atom stereocenters. The first-order chi connectivity index (χ1) is 11.2. The van der Waals surface area contributed by atoms with Crippen LogP contribution in [0.1, 0.15) is 39.0 Å². The molecule has 2 rings (SSSR count). The van der Waals surface area contributed by atoms with Crippen molar-refractivity contribution in [2.24, 2.45) is 5.92 Å². The van der Waals surface area contributed by atoms with Crippen LogP contribution < -0.4 is 0 Å². The maximum Gasteiger partial charge on any atom is 0.337 e. The van der Waals surface area contributed by atoms with E-state index in [9.17, 15) is 0 Å². The minimum absolute atomic E-state index is 0.334. The van der Waals surface area contributed by atoms with Gasteiger partial charge in [0.15, 0.2) is 0 Å². The van der Waals surface area contributed by atoms with E-state index in [1.54, 1.807) is 7.11 Å². The van der Waals surface area contributed by atoms with Crippen LogP contribution in [0, 0.1) is 5.92 Å². The zero-order valence-corrected chi connectivity index (χ0v) is 16.3. The Hall–Kier alpha value is -0.203. The molecular formula is C18H35NO3Si. The van der Waals surface area contributed by atoms with Crippen molar-refractivity contribution in [3.8, 4) is 0 Å². The fourth-order valence-electron chi connectivity index (χ4n) is 4.18. The van der Waals surface area contributed by atoms with Crippen molar-refractivity contribution in [3.05, 3.63) is 12.7 Å². The monoisotopic (exact) mass is 341 g/mol. The molecule has 0 radical (unpaired) electrons. The Morgan fingerprint density at radius 1 is 1.35 bits per heavy atom. The highest BCUT2D eigenvalue weighted by molar-refractivity contribution is 6.67. The quantitative estimate of drug-likeness (QED) is 0.402. The third-order valence-electron chi connectivity index (χ3n) is 5.67. The Balaban J connectivity index is 2.11. The molecule has 4 nitrogen and oxygen atoms in total. The summed E-state index contributed by atoms with van der Waals surface area (Å²) < 4.78 is 17.9. The molecule has 0 bridgehead atoms. The lowest BCUT2D eigenvalue weighted by Crippen LogP contribution is -2.56. The maximum absolute atomic E-state index is 6.72. The third-order valence-corrected chi connectivity index (χ3v) is 9.34. The van der Waals surface area contributed by atoms with E-state index in [-0.39, 0.29) is 0 Å². The highest BCUT2D eigenvalue weighted by Crippen LogP contribution is 2.36. The Bertz CT molecular complexity index is 362. The Labute approximate surface area is 143 Å². The summed E-state index contributed by atoms with van der Waals surface area (Å²) in [7, 11) is 1.65. The summed E-state index contributed by atoms with van der Waals surface area (Å²) in [5.74, 6) is 0.629. The van der Waals surface area contributed by atoms with Crippen molar-refractivity contribution >= 4 is 8.56 Å². The number of hydrogen-bond donors (Lipinski definition) is 0. The van der Waals surface area contributed by atoms with Crippen LogP contribution >= 0.6 is 0 Å². The van der Waals surface area contributed by atoms with Gasteiger partial charge >= 0.3 is 8.56 Å².